The van der Waals surface area contributed by atoms with Gasteiger partial charge in [0, 0.05) is 40.9 Å². The van der Waals surface area contributed by atoms with E-state index in [1.54, 1.807) is 23.7 Å². The van der Waals surface area contributed by atoms with Gasteiger partial charge in [0.15, 0.2) is 5.82 Å². The van der Waals surface area contributed by atoms with Gasteiger partial charge in [0.2, 0.25) is 5.91 Å². The van der Waals surface area contributed by atoms with E-state index in [9.17, 15) is 4.79 Å². The highest BCUT2D eigenvalue weighted by Crippen LogP contribution is 2.32. The zero-order valence-corrected chi connectivity index (χ0v) is 15.0. The predicted octanol–water partition coefficient (Wildman–Crippen LogP) is 3.12. The van der Waals surface area contributed by atoms with Crippen LogP contribution in [-0.2, 0) is 28.1 Å². The highest BCUT2D eigenvalue weighted by atomic mass is 32.1. The van der Waals surface area contributed by atoms with Gasteiger partial charge in [-0.2, -0.15) is 0 Å². The highest BCUT2D eigenvalue weighted by molar-refractivity contribution is 7.12. The minimum Gasteiger partial charge on any atom is -0.367 e. The lowest BCUT2D eigenvalue weighted by Gasteiger charge is -2.32. The van der Waals surface area contributed by atoms with Gasteiger partial charge in [-0.1, -0.05) is 0 Å². The molecule has 0 aromatic carbocycles. The number of aromatic nitrogens is 2. The van der Waals surface area contributed by atoms with Crippen LogP contribution < -0.4 is 5.32 Å². The summed E-state index contributed by atoms with van der Waals surface area (Å²) in [5.74, 6) is 0.745. The Labute approximate surface area is 146 Å². The van der Waals surface area contributed by atoms with Gasteiger partial charge in [0.1, 0.15) is 5.60 Å². The first-order chi connectivity index (χ1) is 11.5. The van der Waals surface area contributed by atoms with E-state index in [-0.39, 0.29) is 11.5 Å². The molecule has 1 saturated heterocycles. The summed E-state index contributed by atoms with van der Waals surface area (Å²) in [4.78, 5) is 23.2. The molecule has 0 bridgehead atoms. The molecule has 0 spiro atoms. The third-order valence-corrected chi connectivity index (χ3v) is 5.27. The molecule has 1 amide bonds. The lowest BCUT2D eigenvalue weighted by molar-refractivity contribution is -0.120. The quantitative estimate of drug-likeness (QED) is 0.904. The predicted molar refractivity (Wildman–Crippen MR) is 93.8 cm³/mol. The molecule has 0 aliphatic carbocycles. The Hall–Kier alpha value is -1.79. The van der Waals surface area contributed by atoms with Gasteiger partial charge in [-0.05, 0) is 45.2 Å². The number of carbonyl (C=O) groups excluding carboxylic acids is 1. The smallest absolute Gasteiger partial charge is 0.225 e. The summed E-state index contributed by atoms with van der Waals surface area (Å²) in [5.41, 5.74) is 0.519. The molecule has 2 aromatic heterocycles. The fourth-order valence-electron chi connectivity index (χ4n) is 2.83. The zero-order valence-electron chi connectivity index (χ0n) is 14.2. The van der Waals surface area contributed by atoms with Gasteiger partial charge >= 0.3 is 0 Å². The fraction of sp³-hybridized carbons (Fsp3) is 0.500. The van der Waals surface area contributed by atoms with E-state index in [1.165, 1.54) is 4.88 Å². The molecule has 128 valence electrons. The molecule has 1 aliphatic heterocycles. The number of nitrogens with zero attached hydrogens (tertiary/aromatic N) is 2. The van der Waals surface area contributed by atoms with Crippen LogP contribution >= 0.6 is 11.3 Å². The van der Waals surface area contributed by atoms with Gasteiger partial charge < -0.3 is 10.1 Å². The summed E-state index contributed by atoms with van der Waals surface area (Å²) in [5, 5.41) is 2.92. The summed E-state index contributed by atoms with van der Waals surface area (Å²) in [7, 11) is 0. The SMILES string of the molecule is Cc1ccc(CC(=O)NCc2cnc([C@@]3(C)CCCCO3)nc2)s1. The number of carbonyl (C=O) groups is 1. The second-order valence-corrected chi connectivity index (χ2v) is 7.79. The van der Waals surface area contributed by atoms with Gasteiger partial charge in [-0.15, -0.1) is 11.3 Å². The highest BCUT2D eigenvalue weighted by Gasteiger charge is 2.32. The van der Waals surface area contributed by atoms with E-state index in [2.05, 4.69) is 15.3 Å². The molecule has 1 aliphatic rings. The summed E-state index contributed by atoms with van der Waals surface area (Å²) in [6.45, 7) is 5.30. The number of hydrogen-bond acceptors (Lipinski definition) is 5. The van der Waals surface area contributed by atoms with E-state index in [1.807, 2.05) is 26.0 Å². The van der Waals surface area contributed by atoms with Crippen molar-refractivity contribution in [1.82, 2.24) is 15.3 Å². The first-order valence-corrected chi connectivity index (χ1v) is 9.14. The van der Waals surface area contributed by atoms with Crippen molar-refractivity contribution in [1.29, 1.82) is 0 Å². The Balaban J connectivity index is 1.53. The van der Waals surface area contributed by atoms with E-state index < -0.39 is 0 Å². The zero-order chi connectivity index (χ0) is 17.0. The number of nitrogens with one attached hydrogen (secondary N) is 1. The van der Waals surface area contributed by atoms with E-state index in [0.29, 0.717) is 13.0 Å². The molecule has 0 saturated carbocycles. The number of thiophene rings is 1. The second-order valence-electron chi connectivity index (χ2n) is 6.42. The van der Waals surface area contributed by atoms with Crippen LogP contribution in [0.3, 0.4) is 0 Å². The van der Waals surface area contributed by atoms with E-state index in [0.717, 1.165) is 42.1 Å². The Morgan fingerprint density at radius 1 is 1.33 bits per heavy atom. The van der Waals surface area contributed by atoms with Crippen molar-refractivity contribution in [2.24, 2.45) is 0 Å². The van der Waals surface area contributed by atoms with Gasteiger partial charge in [-0.25, -0.2) is 9.97 Å². The van der Waals surface area contributed by atoms with Crippen LogP contribution in [0, 0.1) is 6.92 Å². The molecule has 6 heteroatoms. The van der Waals surface area contributed by atoms with Crippen LogP contribution in [0.15, 0.2) is 24.5 Å². The van der Waals surface area contributed by atoms with Crippen LogP contribution in [-0.4, -0.2) is 22.5 Å². The standard InChI is InChI=1S/C18H23N3O2S/c1-13-5-6-15(24-13)9-16(22)19-10-14-11-20-17(21-12-14)18(2)7-3-4-8-23-18/h5-6,11-12H,3-4,7-10H2,1-2H3,(H,19,22)/t18-/m1/s1. The molecule has 5 nitrogen and oxygen atoms in total. The fourth-order valence-corrected chi connectivity index (χ4v) is 3.72. The van der Waals surface area contributed by atoms with Crippen LogP contribution in [0.4, 0.5) is 0 Å². The van der Waals surface area contributed by atoms with Crippen molar-refractivity contribution >= 4 is 17.2 Å². The van der Waals surface area contributed by atoms with Gasteiger partial charge in [-0.3, -0.25) is 4.79 Å². The first kappa shape index (κ1) is 17.0. The monoisotopic (exact) mass is 345 g/mol. The molecule has 2 aromatic rings. The maximum Gasteiger partial charge on any atom is 0.225 e. The van der Waals surface area contributed by atoms with Crippen molar-refractivity contribution in [2.75, 3.05) is 6.61 Å². The Morgan fingerprint density at radius 2 is 2.12 bits per heavy atom. The molecule has 1 fully saturated rings. The Bertz CT molecular complexity index is 691. The second kappa shape index (κ2) is 7.40. The van der Waals surface area contributed by atoms with Crippen molar-refractivity contribution < 1.29 is 9.53 Å². The lowest BCUT2D eigenvalue weighted by atomic mass is 9.95. The minimum atomic E-state index is -0.378. The number of ether oxygens (including phenoxy) is 1. The third-order valence-electron chi connectivity index (χ3n) is 4.27. The number of aryl methyl sites for hydroxylation is 1. The van der Waals surface area contributed by atoms with E-state index >= 15 is 0 Å². The van der Waals surface area contributed by atoms with Crippen LogP contribution in [0.1, 0.15) is 47.3 Å². The minimum absolute atomic E-state index is 0.0171. The summed E-state index contributed by atoms with van der Waals surface area (Å²) < 4.78 is 5.86. The molecular weight excluding hydrogens is 322 g/mol. The number of hydrogen-bond donors (Lipinski definition) is 1. The van der Waals surface area contributed by atoms with Crippen LogP contribution in [0.2, 0.25) is 0 Å². The largest absolute Gasteiger partial charge is 0.367 e. The molecular formula is C18H23N3O2S. The first-order valence-electron chi connectivity index (χ1n) is 8.32. The summed E-state index contributed by atoms with van der Waals surface area (Å²) in [6.07, 6.45) is 7.16. The number of rotatable bonds is 5. The van der Waals surface area contributed by atoms with Crippen LogP contribution in [0.25, 0.3) is 0 Å². The topological polar surface area (TPSA) is 64.1 Å². The molecule has 1 atom stereocenters. The molecule has 3 heterocycles. The van der Waals surface area contributed by atoms with Gasteiger partial charge in [0.05, 0.1) is 6.42 Å². The summed E-state index contributed by atoms with van der Waals surface area (Å²) in [6, 6.07) is 4.04. The molecule has 0 unspecified atom stereocenters. The number of amides is 1. The van der Waals surface area contributed by atoms with Gasteiger partial charge in [0.25, 0.3) is 0 Å². The van der Waals surface area contributed by atoms with Crippen LogP contribution in [0.5, 0.6) is 0 Å². The summed E-state index contributed by atoms with van der Waals surface area (Å²) >= 11 is 1.66. The average Bonchev–Trinajstić information content (AvgIpc) is 2.99. The lowest BCUT2D eigenvalue weighted by Crippen LogP contribution is -2.32. The normalized spacial score (nSPS) is 20.8. The molecule has 0 radical (unpaired) electrons. The van der Waals surface area contributed by atoms with E-state index in [4.69, 9.17) is 4.74 Å². The van der Waals surface area contributed by atoms with Crippen molar-refractivity contribution in [3.63, 3.8) is 0 Å². The maximum absolute atomic E-state index is 12.0. The maximum atomic E-state index is 12.0. The Morgan fingerprint density at radius 3 is 2.75 bits per heavy atom. The molecule has 24 heavy (non-hydrogen) atoms. The van der Waals surface area contributed by atoms with Crippen molar-refractivity contribution in [2.45, 2.75) is 51.7 Å². The average molecular weight is 345 g/mol. The Kier molecular flexibility index (Phi) is 5.26. The van der Waals surface area contributed by atoms with Crippen molar-refractivity contribution in [3.05, 3.63) is 45.7 Å². The molecule has 3 rings (SSSR count). The molecule has 1 N–H and O–H groups in total. The third kappa shape index (κ3) is 4.19. The van der Waals surface area contributed by atoms with Crippen molar-refractivity contribution in [3.8, 4) is 0 Å².